The number of ether oxygens (including phenoxy) is 1. The van der Waals surface area contributed by atoms with Crippen LogP contribution in [-0.4, -0.2) is 58.1 Å². The number of nitro benzene ring substituents is 1. The number of anilines is 2. The van der Waals surface area contributed by atoms with Gasteiger partial charge in [0.05, 0.1) is 21.9 Å². The number of fused-ring (bicyclic) bond motifs is 2. The predicted octanol–water partition coefficient (Wildman–Crippen LogP) is 1.50. The van der Waals surface area contributed by atoms with Gasteiger partial charge in [0, 0.05) is 6.07 Å². The van der Waals surface area contributed by atoms with Crippen LogP contribution >= 0.6 is 0 Å². The topological polar surface area (TPSA) is 156 Å². The summed E-state index contributed by atoms with van der Waals surface area (Å²) in [5.74, 6) is -4.08. The molecule has 0 aromatic heterocycles. The molecule has 1 N–H and O–H groups in total. The zero-order valence-corrected chi connectivity index (χ0v) is 18.1. The maximum absolute atomic E-state index is 12.9. The fraction of sp³-hybridized carbons (Fsp3) is 0.227. The zero-order valence-electron chi connectivity index (χ0n) is 18.1. The average molecular weight is 466 g/mol. The van der Waals surface area contributed by atoms with Crippen LogP contribution < -0.4 is 10.2 Å². The molecule has 2 heterocycles. The molecule has 2 aliphatic heterocycles. The summed E-state index contributed by atoms with van der Waals surface area (Å²) in [7, 11) is 0. The minimum Gasteiger partial charge on any atom is -0.454 e. The first-order chi connectivity index (χ1) is 16.0. The second kappa shape index (κ2) is 8.06. The van der Waals surface area contributed by atoms with Gasteiger partial charge in [-0.3, -0.25) is 43.9 Å². The Labute approximate surface area is 192 Å². The average Bonchev–Trinajstić information content (AvgIpc) is 3.03. The van der Waals surface area contributed by atoms with Gasteiger partial charge in [-0.15, -0.1) is 0 Å². The van der Waals surface area contributed by atoms with Crippen molar-refractivity contribution in [1.29, 1.82) is 0 Å². The van der Waals surface area contributed by atoms with Crippen LogP contribution in [0.3, 0.4) is 0 Å². The van der Waals surface area contributed by atoms with E-state index in [0.717, 1.165) is 6.07 Å². The highest BCUT2D eigenvalue weighted by Gasteiger charge is 2.44. The Kier molecular flexibility index (Phi) is 5.36. The molecule has 4 amide bonds. The molecule has 0 unspecified atom stereocenters. The van der Waals surface area contributed by atoms with E-state index in [-0.39, 0.29) is 5.56 Å². The van der Waals surface area contributed by atoms with Crippen molar-refractivity contribution in [3.05, 3.63) is 63.7 Å². The van der Waals surface area contributed by atoms with Crippen LogP contribution in [0.25, 0.3) is 0 Å². The van der Waals surface area contributed by atoms with Gasteiger partial charge in [0.15, 0.2) is 6.61 Å². The number of amides is 4. The number of nitro groups is 1. The van der Waals surface area contributed by atoms with Crippen molar-refractivity contribution in [2.24, 2.45) is 0 Å². The molecule has 0 bridgehead atoms. The lowest BCUT2D eigenvalue weighted by molar-refractivity contribution is -0.385. The summed E-state index contributed by atoms with van der Waals surface area (Å²) >= 11 is 0. The quantitative estimate of drug-likeness (QED) is 0.301. The summed E-state index contributed by atoms with van der Waals surface area (Å²) in [6.07, 6.45) is 0. The number of esters is 1. The van der Waals surface area contributed by atoms with Gasteiger partial charge in [0.1, 0.15) is 17.6 Å². The highest BCUT2D eigenvalue weighted by molar-refractivity contribution is 6.24. The first-order valence-corrected chi connectivity index (χ1v) is 10.1. The molecular weight excluding hydrogens is 448 g/mol. The van der Waals surface area contributed by atoms with Gasteiger partial charge in [0.2, 0.25) is 5.91 Å². The van der Waals surface area contributed by atoms with E-state index >= 15 is 0 Å². The molecule has 0 saturated carbocycles. The molecule has 0 spiro atoms. The van der Waals surface area contributed by atoms with Gasteiger partial charge in [-0.25, -0.2) is 0 Å². The maximum Gasteiger partial charge on any atom is 0.326 e. The summed E-state index contributed by atoms with van der Waals surface area (Å²) in [5, 5.41) is 13.9. The Hall–Kier alpha value is -4.61. The number of para-hydroxylation sites is 2. The van der Waals surface area contributed by atoms with E-state index in [0.29, 0.717) is 16.3 Å². The number of rotatable bonds is 5. The first kappa shape index (κ1) is 22.6. The lowest BCUT2D eigenvalue weighted by Crippen LogP contribution is -2.59. The van der Waals surface area contributed by atoms with E-state index in [2.05, 4.69) is 5.32 Å². The van der Waals surface area contributed by atoms with E-state index < -0.39 is 64.5 Å². The summed E-state index contributed by atoms with van der Waals surface area (Å²) < 4.78 is 4.99. The van der Waals surface area contributed by atoms with Gasteiger partial charge in [-0.05, 0) is 32.0 Å². The number of nitrogens with zero attached hydrogens (tertiary/aromatic N) is 3. The predicted molar refractivity (Wildman–Crippen MR) is 116 cm³/mol. The molecule has 174 valence electrons. The van der Waals surface area contributed by atoms with Crippen molar-refractivity contribution in [2.45, 2.75) is 19.4 Å². The van der Waals surface area contributed by atoms with Gasteiger partial charge in [0.25, 0.3) is 23.4 Å². The molecule has 2 aromatic rings. The Balaban J connectivity index is 1.47. The standard InChI is InChI=1S/C22H18N4O8/c1-22(2)21(31)23-13-7-3-4-8-14(13)25(22)16(27)11-34-17(28)10-24-19(29)12-6-5-9-15(26(32)33)18(12)20(24)30/h3-9H,10-11H2,1-2H3,(H,23,31). The molecule has 0 radical (unpaired) electrons. The van der Waals surface area contributed by atoms with Gasteiger partial charge in [-0.2, -0.15) is 0 Å². The van der Waals surface area contributed by atoms with E-state index in [1.807, 2.05) is 0 Å². The van der Waals surface area contributed by atoms with E-state index in [1.54, 1.807) is 24.3 Å². The summed E-state index contributed by atoms with van der Waals surface area (Å²) in [4.78, 5) is 75.0. The van der Waals surface area contributed by atoms with Crippen LogP contribution in [0.5, 0.6) is 0 Å². The molecule has 0 fully saturated rings. The van der Waals surface area contributed by atoms with Crippen molar-refractivity contribution in [3.8, 4) is 0 Å². The number of nitrogens with one attached hydrogen (secondary N) is 1. The van der Waals surface area contributed by atoms with Gasteiger partial charge >= 0.3 is 5.97 Å². The van der Waals surface area contributed by atoms with Crippen LogP contribution in [0.2, 0.25) is 0 Å². The van der Waals surface area contributed by atoms with Crippen molar-refractivity contribution < 1.29 is 33.6 Å². The maximum atomic E-state index is 12.9. The molecule has 0 saturated heterocycles. The van der Waals surface area contributed by atoms with E-state index in [4.69, 9.17) is 4.74 Å². The molecule has 4 rings (SSSR count). The molecule has 0 atom stereocenters. The van der Waals surface area contributed by atoms with Crippen molar-refractivity contribution in [3.63, 3.8) is 0 Å². The third-order valence-electron chi connectivity index (χ3n) is 5.57. The number of carbonyl (C=O) groups excluding carboxylic acids is 5. The molecule has 34 heavy (non-hydrogen) atoms. The molecule has 2 aliphatic rings. The fourth-order valence-electron chi connectivity index (χ4n) is 3.89. The van der Waals surface area contributed by atoms with Crippen molar-refractivity contribution >= 4 is 46.7 Å². The highest BCUT2D eigenvalue weighted by atomic mass is 16.6. The Bertz CT molecular complexity index is 1290. The molecular formula is C22H18N4O8. The highest BCUT2D eigenvalue weighted by Crippen LogP contribution is 2.36. The van der Waals surface area contributed by atoms with Crippen LogP contribution in [0.1, 0.15) is 34.6 Å². The Morgan fingerprint density at radius 1 is 1.06 bits per heavy atom. The van der Waals surface area contributed by atoms with Crippen molar-refractivity contribution in [1.82, 2.24) is 4.90 Å². The van der Waals surface area contributed by atoms with E-state index in [9.17, 15) is 34.1 Å². The van der Waals surface area contributed by atoms with Gasteiger partial charge in [-0.1, -0.05) is 18.2 Å². The number of imide groups is 1. The number of hydrogen-bond acceptors (Lipinski definition) is 8. The lowest BCUT2D eigenvalue weighted by Gasteiger charge is -2.41. The summed E-state index contributed by atoms with van der Waals surface area (Å²) in [6.45, 7) is 1.47. The monoisotopic (exact) mass is 466 g/mol. The zero-order chi connectivity index (χ0) is 24.8. The molecule has 0 aliphatic carbocycles. The Morgan fingerprint density at radius 2 is 1.76 bits per heavy atom. The number of carbonyl (C=O) groups is 5. The third kappa shape index (κ3) is 3.54. The van der Waals surface area contributed by atoms with Crippen molar-refractivity contribution in [2.75, 3.05) is 23.4 Å². The summed E-state index contributed by atoms with van der Waals surface area (Å²) in [6, 6.07) is 10.2. The van der Waals surface area contributed by atoms with Gasteiger partial charge < -0.3 is 10.1 Å². The molecule has 12 nitrogen and oxygen atoms in total. The minimum atomic E-state index is -1.28. The summed E-state index contributed by atoms with van der Waals surface area (Å²) in [5.41, 5.74) is -1.59. The molecule has 2 aromatic carbocycles. The van der Waals surface area contributed by atoms with E-state index in [1.165, 1.54) is 30.9 Å². The smallest absolute Gasteiger partial charge is 0.326 e. The fourth-order valence-corrected chi connectivity index (χ4v) is 3.89. The Morgan fingerprint density at radius 3 is 2.47 bits per heavy atom. The second-order valence-electron chi connectivity index (χ2n) is 8.07. The molecule has 12 heteroatoms. The number of hydrogen-bond donors (Lipinski definition) is 1. The largest absolute Gasteiger partial charge is 0.454 e. The van der Waals surface area contributed by atoms with Crippen LogP contribution in [-0.2, 0) is 19.1 Å². The first-order valence-electron chi connectivity index (χ1n) is 10.1. The third-order valence-corrected chi connectivity index (χ3v) is 5.57. The second-order valence-corrected chi connectivity index (χ2v) is 8.07. The van der Waals surface area contributed by atoms with Crippen LogP contribution in [0.4, 0.5) is 17.1 Å². The van der Waals surface area contributed by atoms with Crippen LogP contribution in [0.15, 0.2) is 42.5 Å². The minimum absolute atomic E-state index is 0.194. The normalized spacial score (nSPS) is 16.0. The number of benzene rings is 2. The SMILES string of the molecule is CC1(C)C(=O)Nc2ccccc2N1C(=O)COC(=O)CN1C(=O)c2cccc([N+](=O)[O-])c2C1=O. The lowest BCUT2D eigenvalue weighted by atomic mass is 9.96. The van der Waals surface area contributed by atoms with Crippen LogP contribution in [0, 0.1) is 10.1 Å².